The number of hydrogen-bond donors (Lipinski definition) is 1. The zero-order valence-electron chi connectivity index (χ0n) is 13.8. The van der Waals surface area contributed by atoms with Crippen molar-refractivity contribution < 1.29 is 4.79 Å². The van der Waals surface area contributed by atoms with Crippen LogP contribution in [0.1, 0.15) is 42.0 Å². The van der Waals surface area contributed by atoms with E-state index in [-0.39, 0.29) is 5.91 Å². The Labute approximate surface area is 137 Å². The molecule has 0 spiro atoms. The number of aromatic nitrogens is 2. The summed E-state index contributed by atoms with van der Waals surface area (Å²) >= 11 is 0. The first-order valence-corrected chi connectivity index (χ1v) is 8.24. The Morgan fingerprint density at radius 3 is 2.91 bits per heavy atom. The smallest absolute Gasteiger partial charge is 0.268 e. The van der Waals surface area contributed by atoms with Gasteiger partial charge in [0.1, 0.15) is 5.69 Å². The summed E-state index contributed by atoms with van der Waals surface area (Å²) in [6.07, 6.45) is 4.58. The lowest BCUT2D eigenvalue weighted by Gasteiger charge is -2.23. The van der Waals surface area contributed by atoms with Gasteiger partial charge in [-0.1, -0.05) is 6.07 Å². The monoisotopic (exact) mass is 312 g/mol. The summed E-state index contributed by atoms with van der Waals surface area (Å²) in [4.78, 5) is 19.0. The third-order valence-electron chi connectivity index (χ3n) is 4.40. The average molecular weight is 312 g/mol. The molecule has 122 valence electrons. The third kappa shape index (κ3) is 3.62. The van der Waals surface area contributed by atoms with Gasteiger partial charge in [0.2, 0.25) is 0 Å². The van der Waals surface area contributed by atoms with Crippen LogP contribution in [0.3, 0.4) is 0 Å². The quantitative estimate of drug-likeness (QED) is 0.943. The maximum atomic E-state index is 12.5. The van der Waals surface area contributed by atoms with Gasteiger partial charge in [0.15, 0.2) is 0 Å². The third-order valence-corrected chi connectivity index (χ3v) is 4.40. The van der Waals surface area contributed by atoms with Crippen LogP contribution in [0.4, 0.5) is 0 Å². The standard InChI is InChI=1S/C18H24N4O/c1-14(2)21-9-4-10-22-16(13-21)6-7-17(22)18(23)20-12-15-5-3-8-19-11-15/h3,5-8,11,14H,4,9-10,12-13H2,1-2H3,(H,20,23). The Bertz CT molecular complexity index is 663. The van der Waals surface area contributed by atoms with Crippen LogP contribution in [-0.4, -0.2) is 32.9 Å². The molecule has 0 radical (unpaired) electrons. The number of hydrogen-bond acceptors (Lipinski definition) is 3. The first-order chi connectivity index (χ1) is 11.1. The molecule has 0 bridgehead atoms. The van der Waals surface area contributed by atoms with Gasteiger partial charge in [0.05, 0.1) is 0 Å². The van der Waals surface area contributed by atoms with Crippen molar-refractivity contribution in [3.05, 3.63) is 53.6 Å². The fourth-order valence-electron chi connectivity index (χ4n) is 3.05. The molecular formula is C18H24N4O. The molecule has 1 aliphatic heterocycles. The van der Waals surface area contributed by atoms with Crippen LogP contribution in [-0.2, 0) is 19.6 Å². The molecule has 2 aromatic heterocycles. The van der Waals surface area contributed by atoms with Gasteiger partial charge in [-0.2, -0.15) is 0 Å². The highest BCUT2D eigenvalue weighted by Gasteiger charge is 2.20. The molecule has 0 aliphatic carbocycles. The second-order valence-corrected chi connectivity index (χ2v) is 6.32. The van der Waals surface area contributed by atoms with Gasteiger partial charge in [-0.25, -0.2) is 0 Å². The van der Waals surface area contributed by atoms with Crippen molar-refractivity contribution in [2.45, 2.75) is 45.9 Å². The van der Waals surface area contributed by atoms with Crippen molar-refractivity contribution in [2.24, 2.45) is 0 Å². The first kappa shape index (κ1) is 15.7. The van der Waals surface area contributed by atoms with E-state index in [0.717, 1.165) is 37.3 Å². The van der Waals surface area contributed by atoms with Gasteiger partial charge in [-0.05, 0) is 44.0 Å². The molecule has 1 amide bonds. The van der Waals surface area contributed by atoms with Crippen LogP contribution in [0.2, 0.25) is 0 Å². The Hall–Kier alpha value is -2.14. The highest BCUT2D eigenvalue weighted by molar-refractivity contribution is 5.92. The second kappa shape index (κ2) is 6.96. The first-order valence-electron chi connectivity index (χ1n) is 8.24. The summed E-state index contributed by atoms with van der Waals surface area (Å²) in [5.74, 6) is -0.0156. The molecule has 23 heavy (non-hydrogen) atoms. The Balaban J connectivity index is 1.70. The molecule has 1 N–H and O–H groups in total. The number of carbonyl (C=O) groups excluding carboxylic acids is 1. The largest absolute Gasteiger partial charge is 0.347 e. The second-order valence-electron chi connectivity index (χ2n) is 6.32. The molecule has 3 rings (SSSR count). The van der Waals surface area contributed by atoms with E-state index in [1.807, 2.05) is 18.2 Å². The van der Waals surface area contributed by atoms with Crippen LogP contribution >= 0.6 is 0 Å². The van der Waals surface area contributed by atoms with E-state index in [1.165, 1.54) is 5.69 Å². The number of amides is 1. The highest BCUT2D eigenvalue weighted by Crippen LogP contribution is 2.18. The predicted molar refractivity (Wildman–Crippen MR) is 90.0 cm³/mol. The number of carbonyl (C=O) groups is 1. The highest BCUT2D eigenvalue weighted by atomic mass is 16.1. The van der Waals surface area contributed by atoms with Crippen molar-refractivity contribution >= 4 is 5.91 Å². The van der Waals surface area contributed by atoms with Crippen molar-refractivity contribution in [2.75, 3.05) is 6.54 Å². The molecule has 1 aliphatic rings. The molecule has 0 saturated heterocycles. The fraction of sp³-hybridized carbons (Fsp3) is 0.444. The van der Waals surface area contributed by atoms with E-state index in [9.17, 15) is 4.79 Å². The zero-order chi connectivity index (χ0) is 16.2. The molecule has 5 heteroatoms. The maximum absolute atomic E-state index is 12.5. The maximum Gasteiger partial charge on any atom is 0.268 e. The van der Waals surface area contributed by atoms with Crippen LogP contribution < -0.4 is 5.32 Å². The summed E-state index contributed by atoms with van der Waals surface area (Å²) in [7, 11) is 0. The summed E-state index contributed by atoms with van der Waals surface area (Å²) in [5.41, 5.74) is 2.99. The minimum Gasteiger partial charge on any atom is -0.347 e. The lowest BCUT2D eigenvalue weighted by molar-refractivity contribution is 0.0941. The number of nitrogens with zero attached hydrogens (tertiary/aromatic N) is 3. The predicted octanol–water partition coefficient (Wildman–Crippen LogP) is 2.43. The van der Waals surface area contributed by atoms with Crippen molar-refractivity contribution in [3.8, 4) is 0 Å². The van der Waals surface area contributed by atoms with E-state index in [2.05, 4.69) is 39.7 Å². The minimum atomic E-state index is -0.0156. The minimum absolute atomic E-state index is 0.0156. The Morgan fingerprint density at radius 1 is 1.30 bits per heavy atom. The van der Waals surface area contributed by atoms with Crippen molar-refractivity contribution in [1.29, 1.82) is 0 Å². The normalized spacial score (nSPS) is 15.3. The summed E-state index contributed by atoms with van der Waals surface area (Å²) in [6.45, 7) is 7.84. The van der Waals surface area contributed by atoms with E-state index >= 15 is 0 Å². The van der Waals surface area contributed by atoms with Gasteiger partial charge in [-0.15, -0.1) is 0 Å². The lowest BCUT2D eigenvalue weighted by atomic mass is 10.2. The molecule has 0 saturated carbocycles. The molecule has 0 unspecified atom stereocenters. The molecule has 2 aromatic rings. The van der Waals surface area contributed by atoms with E-state index < -0.39 is 0 Å². The van der Waals surface area contributed by atoms with E-state index in [1.54, 1.807) is 12.4 Å². The van der Waals surface area contributed by atoms with E-state index in [0.29, 0.717) is 12.6 Å². The zero-order valence-corrected chi connectivity index (χ0v) is 13.8. The average Bonchev–Trinajstić information content (AvgIpc) is 2.83. The molecule has 5 nitrogen and oxygen atoms in total. The van der Waals surface area contributed by atoms with Crippen LogP contribution in [0.25, 0.3) is 0 Å². The topological polar surface area (TPSA) is 50.2 Å². The van der Waals surface area contributed by atoms with Gasteiger partial charge in [0, 0.05) is 50.3 Å². The Kier molecular flexibility index (Phi) is 4.76. The van der Waals surface area contributed by atoms with Gasteiger partial charge < -0.3 is 9.88 Å². The number of fused-ring (bicyclic) bond motifs is 1. The molecule has 0 atom stereocenters. The van der Waals surface area contributed by atoms with Crippen molar-refractivity contribution in [1.82, 2.24) is 19.8 Å². The SMILES string of the molecule is CC(C)N1CCCn2c(ccc2C(=O)NCc2cccnc2)C1. The number of nitrogens with one attached hydrogen (secondary N) is 1. The molecule has 3 heterocycles. The summed E-state index contributed by atoms with van der Waals surface area (Å²) in [5, 5.41) is 2.99. The van der Waals surface area contributed by atoms with Crippen LogP contribution in [0.15, 0.2) is 36.7 Å². The van der Waals surface area contributed by atoms with Gasteiger partial charge in [-0.3, -0.25) is 14.7 Å². The summed E-state index contributed by atoms with van der Waals surface area (Å²) < 4.78 is 2.17. The van der Waals surface area contributed by atoms with Crippen molar-refractivity contribution in [3.63, 3.8) is 0 Å². The molecule has 0 aromatic carbocycles. The van der Waals surface area contributed by atoms with Crippen LogP contribution in [0, 0.1) is 0 Å². The number of pyridine rings is 1. The van der Waals surface area contributed by atoms with Gasteiger partial charge in [0.25, 0.3) is 5.91 Å². The number of rotatable bonds is 4. The molecular weight excluding hydrogens is 288 g/mol. The van der Waals surface area contributed by atoms with Crippen LogP contribution in [0.5, 0.6) is 0 Å². The Morgan fingerprint density at radius 2 is 2.17 bits per heavy atom. The lowest BCUT2D eigenvalue weighted by Crippen LogP contribution is -2.30. The van der Waals surface area contributed by atoms with E-state index in [4.69, 9.17) is 0 Å². The van der Waals surface area contributed by atoms with Gasteiger partial charge >= 0.3 is 0 Å². The summed E-state index contributed by atoms with van der Waals surface area (Å²) in [6, 6.07) is 8.40. The molecule has 0 fully saturated rings. The fourth-order valence-corrected chi connectivity index (χ4v) is 3.05.